The van der Waals surface area contributed by atoms with Gasteiger partial charge in [0.2, 0.25) is 0 Å². The van der Waals surface area contributed by atoms with E-state index in [-0.39, 0.29) is 24.1 Å². The van der Waals surface area contributed by atoms with E-state index in [1.54, 1.807) is 0 Å². The van der Waals surface area contributed by atoms with Gasteiger partial charge in [0.15, 0.2) is 0 Å². The number of anilines is 4. The van der Waals surface area contributed by atoms with Gasteiger partial charge < -0.3 is 30.2 Å². The number of carbonyl (C=O) groups is 2. The summed E-state index contributed by atoms with van der Waals surface area (Å²) in [5.74, 6) is 0.770. The Kier molecular flexibility index (Phi) is 12.1. The van der Waals surface area contributed by atoms with E-state index in [1.807, 2.05) is 52.5 Å². The van der Waals surface area contributed by atoms with Crippen molar-refractivity contribution < 1.29 is 9.59 Å². The summed E-state index contributed by atoms with van der Waals surface area (Å²) in [6, 6.07) is 16.8. The molecule has 2 aromatic rings. The van der Waals surface area contributed by atoms with Crippen molar-refractivity contribution in [2.45, 2.75) is 102 Å². The lowest BCUT2D eigenvalue weighted by Gasteiger charge is -2.43. The Bertz CT molecular complexity index is 1140. The third kappa shape index (κ3) is 9.10. The van der Waals surface area contributed by atoms with Gasteiger partial charge in [0, 0.05) is 76.1 Å². The molecule has 2 aromatic carbocycles. The Morgan fingerprint density at radius 3 is 1.17 bits per heavy atom. The van der Waals surface area contributed by atoms with Crippen molar-refractivity contribution in [3.63, 3.8) is 0 Å². The smallest absolute Gasteiger partial charge is 0.322 e. The highest BCUT2D eigenvalue weighted by Crippen LogP contribution is 2.35. The molecule has 3 fully saturated rings. The van der Waals surface area contributed by atoms with E-state index < -0.39 is 0 Å². The molecule has 0 spiro atoms. The standard InChI is InChI=1S/C38H58N6O2/c1-41(2)33-23-19-31(20-24-33)39-37(45)43(35-15-7-5-8-16-35)27-29-13-11-12-14-30(29)28-44(36-17-9-6-10-18-36)38(46)40-32-21-25-34(26-22-32)42(3)4/h19-26,29-30,35-36H,5-18,27-28H2,1-4H3,(H,39,45)(H,40,46)/t29-,30-/m0/s1. The van der Waals surface area contributed by atoms with E-state index in [0.29, 0.717) is 11.8 Å². The zero-order chi connectivity index (χ0) is 32.5. The minimum Gasteiger partial charge on any atom is -0.378 e. The second kappa shape index (κ2) is 16.4. The number of carbonyl (C=O) groups excluding carboxylic acids is 2. The predicted molar refractivity (Wildman–Crippen MR) is 192 cm³/mol. The van der Waals surface area contributed by atoms with E-state index in [0.717, 1.165) is 74.4 Å². The summed E-state index contributed by atoms with van der Waals surface area (Å²) in [5, 5.41) is 6.50. The molecule has 0 saturated heterocycles. The highest BCUT2D eigenvalue weighted by atomic mass is 16.2. The number of benzene rings is 2. The van der Waals surface area contributed by atoms with Gasteiger partial charge in [-0.25, -0.2) is 9.59 Å². The van der Waals surface area contributed by atoms with Crippen molar-refractivity contribution in [1.29, 1.82) is 0 Å². The molecule has 2 N–H and O–H groups in total. The maximum Gasteiger partial charge on any atom is 0.322 e. The molecule has 8 nitrogen and oxygen atoms in total. The number of hydrogen-bond acceptors (Lipinski definition) is 4. The van der Waals surface area contributed by atoms with Gasteiger partial charge in [-0.05, 0) is 98.9 Å². The zero-order valence-corrected chi connectivity index (χ0v) is 28.8. The SMILES string of the molecule is CN(C)c1ccc(NC(=O)N(C[C@@H]2CCCC[C@H]2CN(C(=O)Nc2ccc(N(C)C)cc2)C2CCCCC2)C2CCCCC2)cc1. The minimum absolute atomic E-state index is 0.0249. The van der Waals surface area contributed by atoms with Crippen LogP contribution < -0.4 is 20.4 Å². The average molecular weight is 631 g/mol. The first-order chi connectivity index (χ1) is 22.3. The maximum atomic E-state index is 14.0. The van der Waals surface area contributed by atoms with E-state index >= 15 is 0 Å². The van der Waals surface area contributed by atoms with Gasteiger partial charge >= 0.3 is 12.1 Å². The fourth-order valence-corrected chi connectivity index (χ4v) is 7.93. The first-order valence-electron chi connectivity index (χ1n) is 18.0. The van der Waals surface area contributed by atoms with Gasteiger partial charge in [0.05, 0.1) is 0 Å². The quantitative estimate of drug-likeness (QED) is 0.276. The van der Waals surface area contributed by atoms with Crippen LogP contribution in [0.1, 0.15) is 89.9 Å². The fourth-order valence-electron chi connectivity index (χ4n) is 7.93. The number of amides is 4. The Morgan fingerprint density at radius 2 is 0.848 bits per heavy atom. The van der Waals surface area contributed by atoms with E-state index in [9.17, 15) is 9.59 Å². The molecule has 8 heteroatoms. The normalized spacial score (nSPS) is 20.9. The lowest BCUT2D eigenvalue weighted by molar-refractivity contribution is 0.0902. The van der Waals surface area contributed by atoms with Crippen LogP contribution in [0.3, 0.4) is 0 Å². The van der Waals surface area contributed by atoms with E-state index in [2.05, 4.69) is 54.5 Å². The van der Waals surface area contributed by atoms with Gasteiger partial charge in [0.25, 0.3) is 0 Å². The van der Waals surface area contributed by atoms with E-state index in [1.165, 1.54) is 51.4 Å². The van der Waals surface area contributed by atoms with Gasteiger partial charge in [-0.3, -0.25) is 0 Å². The van der Waals surface area contributed by atoms with Crippen LogP contribution in [0.15, 0.2) is 48.5 Å². The second-order valence-electron chi connectivity index (χ2n) is 14.4. The number of hydrogen-bond donors (Lipinski definition) is 2. The predicted octanol–water partition coefficient (Wildman–Crippen LogP) is 8.66. The maximum absolute atomic E-state index is 14.0. The Balaban J connectivity index is 1.31. The summed E-state index contributed by atoms with van der Waals surface area (Å²) < 4.78 is 0. The van der Waals surface area contributed by atoms with Crippen LogP contribution in [-0.4, -0.2) is 75.2 Å². The molecule has 0 aromatic heterocycles. The average Bonchev–Trinajstić information content (AvgIpc) is 3.07. The molecule has 0 aliphatic heterocycles. The van der Waals surface area contributed by atoms with E-state index in [4.69, 9.17) is 0 Å². The monoisotopic (exact) mass is 630 g/mol. The number of nitrogens with zero attached hydrogens (tertiary/aromatic N) is 4. The number of rotatable bonds is 10. The summed E-state index contributed by atoms with van der Waals surface area (Å²) >= 11 is 0. The molecule has 0 radical (unpaired) electrons. The molecular formula is C38H58N6O2. The lowest BCUT2D eigenvalue weighted by Crippen LogP contribution is -2.51. The van der Waals surface area contributed by atoms with Gasteiger partial charge in [0.1, 0.15) is 0 Å². The van der Waals surface area contributed by atoms with Gasteiger partial charge in [-0.2, -0.15) is 0 Å². The first kappa shape index (κ1) is 33.9. The second-order valence-corrected chi connectivity index (χ2v) is 14.4. The molecule has 0 heterocycles. The Hall–Kier alpha value is -3.42. The molecule has 5 rings (SSSR count). The number of nitrogens with one attached hydrogen (secondary N) is 2. The van der Waals surface area contributed by atoms with Crippen LogP contribution in [0.25, 0.3) is 0 Å². The third-order valence-corrected chi connectivity index (χ3v) is 10.8. The lowest BCUT2D eigenvalue weighted by atomic mass is 9.77. The number of urea groups is 2. The molecule has 252 valence electrons. The zero-order valence-electron chi connectivity index (χ0n) is 28.8. The summed E-state index contributed by atoms with van der Waals surface area (Å²) in [7, 11) is 8.11. The van der Waals surface area contributed by atoms with Crippen molar-refractivity contribution in [2.24, 2.45) is 11.8 Å². The summed E-state index contributed by atoms with van der Waals surface area (Å²) in [5.41, 5.74) is 3.92. The van der Waals surface area contributed by atoms with Gasteiger partial charge in [-0.1, -0.05) is 51.4 Å². The van der Waals surface area contributed by atoms with Crippen molar-refractivity contribution in [2.75, 3.05) is 61.7 Å². The van der Waals surface area contributed by atoms with Crippen molar-refractivity contribution in [1.82, 2.24) is 9.80 Å². The highest BCUT2D eigenvalue weighted by Gasteiger charge is 2.36. The van der Waals surface area contributed by atoms with Crippen molar-refractivity contribution >= 4 is 34.8 Å². The largest absolute Gasteiger partial charge is 0.378 e. The van der Waals surface area contributed by atoms with Crippen molar-refractivity contribution in [3.05, 3.63) is 48.5 Å². The molecule has 2 atom stereocenters. The molecule has 4 amide bonds. The molecular weight excluding hydrogens is 572 g/mol. The topological polar surface area (TPSA) is 71.2 Å². The van der Waals surface area contributed by atoms with Gasteiger partial charge in [-0.15, -0.1) is 0 Å². The molecule has 46 heavy (non-hydrogen) atoms. The molecule has 3 aliphatic rings. The Morgan fingerprint density at radius 1 is 0.522 bits per heavy atom. The van der Waals surface area contributed by atoms with Crippen LogP contribution in [-0.2, 0) is 0 Å². The first-order valence-corrected chi connectivity index (χ1v) is 18.0. The Labute approximate surface area is 277 Å². The fraction of sp³-hybridized carbons (Fsp3) is 0.632. The third-order valence-electron chi connectivity index (χ3n) is 10.8. The van der Waals surface area contributed by atoms with Crippen LogP contribution in [0.4, 0.5) is 32.3 Å². The van der Waals surface area contributed by atoms with Crippen LogP contribution in [0.2, 0.25) is 0 Å². The molecule has 0 unspecified atom stereocenters. The highest BCUT2D eigenvalue weighted by molar-refractivity contribution is 5.90. The minimum atomic E-state index is 0.0249. The van der Waals surface area contributed by atoms with Crippen LogP contribution >= 0.6 is 0 Å². The summed E-state index contributed by atoms with van der Waals surface area (Å²) in [6.07, 6.45) is 16.2. The molecule has 3 saturated carbocycles. The molecule has 0 bridgehead atoms. The van der Waals surface area contributed by atoms with Crippen LogP contribution in [0, 0.1) is 11.8 Å². The van der Waals surface area contributed by atoms with Crippen molar-refractivity contribution in [3.8, 4) is 0 Å². The molecule has 3 aliphatic carbocycles. The summed E-state index contributed by atoms with van der Waals surface area (Å²) in [4.78, 5) is 36.5. The summed E-state index contributed by atoms with van der Waals surface area (Å²) in [6.45, 7) is 1.53. The van der Waals surface area contributed by atoms with Crippen LogP contribution in [0.5, 0.6) is 0 Å².